The van der Waals surface area contributed by atoms with Crippen molar-refractivity contribution >= 4 is 48.9 Å². The molecule has 1 nitrogen and oxygen atoms in total. The first kappa shape index (κ1) is 13.1. The Bertz CT molecular complexity index is 743. The molecule has 0 amide bonds. The van der Waals surface area contributed by atoms with Crippen LogP contribution >= 0.6 is 0 Å². The summed E-state index contributed by atoms with van der Waals surface area (Å²) in [6.07, 6.45) is 0. The van der Waals surface area contributed by atoms with Crippen molar-refractivity contribution in [1.82, 2.24) is 0 Å². The molecule has 3 heteroatoms. The van der Waals surface area contributed by atoms with Crippen LogP contribution in [0.3, 0.4) is 0 Å². The predicted molar refractivity (Wildman–Crippen MR) is 94.8 cm³/mol. The Morgan fingerprint density at radius 1 is 0.762 bits per heavy atom. The van der Waals surface area contributed by atoms with Gasteiger partial charge >= 0.3 is 132 Å². The van der Waals surface area contributed by atoms with Gasteiger partial charge in [0.1, 0.15) is 0 Å². The molecule has 4 rings (SSSR count). The van der Waals surface area contributed by atoms with Crippen molar-refractivity contribution < 1.29 is 0 Å². The number of anilines is 3. The van der Waals surface area contributed by atoms with Crippen LogP contribution in [0.15, 0.2) is 65.6 Å². The van der Waals surface area contributed by atoms with Gasteiger partial charge < -0.3 is 0 Å². The number of hydrogen-bond donors (Lipinski definition) is 0. The van der Waals surface area contributed by atoms with Crippen LogP contribution in [0.1, 0.15) is 0 Å². The molecule has 0 saturated heterocycles. The van der Waals surface area contributed by atoms with Gasteiger partial charge in [0.15, 0.2) is 0 Å². The van der Waals surface area contributed by atoms with Crippen molar-refractivity contribution in [2.45, 2.75) is 13.1 Å². The fourth-order valence-corrected chi connectivity index (χ4v) is 7.88. The van der Waals surface area contributed by atoms with E-state index < -0.39 is 8.07 Å². The number of hydrogen-bond acceptors (Lipinski definition) is 1. The van der Waals surface area contributed by atoms with Gasteiger partial charge in [-0.25, -0.2) is 0 Å². The van der Waals surface area contributed by atoms with Crippen LogP contribution in [0, 0.1) is 0 Å². The van der Waals surface area contributed by atoms with Gasteiger partial charge in [-0.1, -0.05) is 0 Å². The Kier molecular flexibility index (Phi) is 2.96. The van der Waals surface area contributed by atoms with E-state index in [0.29, 0.717) is 14.5 Å². The van der Waals surface area contributed by atoms with E-state index in [1.54, 1.807) is 10.4 Å². The molecule has 0 N–H and O–H groups in total. The summed E-state index contributed by atoms with van der Waals surface area (Å²) in [5, 5.41) is 3.10. The van der Waals surface area contributed by atoms with Gasteiger partial charge in [0.25, 0.3) is 0 Å². The van der Waals surface area contributed by atoms with Crippen molar-refractivity contribution in [1.29, 1.82) is 0 Å². The molecular formula is C18H17NSeSi. The molecule has 0 fully saturated rings. The van der Waals surface area contributed by atoms with E-state index in [9.17, 15) is 0 Å². The molecule has 1 aromatic heterocycles. The quantitative estimate of drug-likeness (QED) is 0.606. The molecule has 3 aromatic rings. The van der Waals surface area contributed by atoms with Crippen molar-refractivity contribution in [2.75, 3.05) is 4.90 Å². The molecule has 0 spiro atoms. The topological polar surface area (TPSA) is 3.24 Å². The summed E-state index contributed by atoms with van der Waals surface area (Å²) in [5.41, 5.74) is 2.79. The minimum absolute atomic E-state index is 0.434. The van der Waals surface area contributed by atoms with E-state index in [1.165, 1.54) is 15.9 Å². The maximum absolute atomic E-state index is 2.49. The first-order valence-corrected chi connectivity index (χ1v) is 12.1. The number of fused-ring (bicyclic) bond motifs is 2. The molecule has 1 aliphatic rings. The number of para-hydroxylation sites is 2. The average molecular weight is 354 g/mol. The van der Waals surface area contributed by atoms with Crippen LogP contribution in [0.25, 0.3) is 0 Å². The van der Waals surface area contributed by atoms with Gasteiger partial charge in [0, 0.05) is 0 Å². The van der Waals surface area contributed by atoms with E-state index in [0.717, 1.165) is 0 Å². The molecule has 21 heavy (non-hydrogen) atoms. The first-order valence-electron chi connectivity index (χ1n) is 7.22. The first-order chi connectivity index (χ1) is 10.2. The Hall–Kier alpha value is -1.54. The van der Waals surface area contributed by atoms with E-state index in [4.69, 9.17) is 0 Å². The SMILES string of the molecule is C[Si]1(C)c2ccccc2N(c2ccc[se]2)c2ccccc21. The summed E-state index contributed by atoms with van der Waals surface area (Å²) >= 11 is 0.434. The molecular weight excluding hydrogens is 337 g/mol. The normalized spacial score (nSPS) is 15.4. The number of nitrogens with zero attached hydrogens (tertiary/aromatic N) is 1. The summed E-state index contributed by atoms with van der Waals surface area (Å²) < 4.78 is 1.44. The fourth-order valence-electron chi connectivity index (χ4n) is 3.30. The second kappa shape index (κ2) is 4.74. The molecule has 0 atom stereocenters. The minimum atomic E-state index is -1.61. The third kappa shape index (κ3) is 1.89. The zero-order valence-corrected chi connectivity index (χ0v) is 14.9. The molecule has 2 heterocycles. The second-order valence-corrected chi connectivity index (χ2v) is 12.2. The van der Waals surface area contributed by atoms with Crippen LogP contribution in [0.2, 0.25) is 13.1 Å². The van der Waals surface area contributed by atoms with Crippen molar-refractivity contribution in [2.24, 2.45) is 0 Å². The summed E-state index contributed by atoms with van der Waals surface area (Å²) in [7, 11) is -1.61. The van der Waals surface area contributed by atoms with Crippen molar-refractivity contribution in [3.05, 3.63) is 65.6 Å². The number of benzene rings is 2. The summed E-state index contributed by atoms with van der Waals surface area (Å²) in [5.74, 6) is 0. The van der Waals surface area contributed by atoms with Gasteiger partial charge in [-0.05, 0) is 0 Å². The third-order valence-electron chi connectivity index (χ3n) is 4.36. The van der Waals surface area contributed by atoms with Crippen LogP contribution in [0.5, 0.6) is 0 Å². The monoisotopic (exact) mass is 355 g/mol. The van der Waals surface area contributed by atoms with Gasteiger partial charge in [-0.15, -0.1) is 0 Å². The maximum atomic E-state index is 2.49. The summed E-state index contributed by atoms with van der Waals surface area (Å²) in [6.45, 7) is 4.93. The Morgan fingerprint density at radius 3 is 1.86 bits per heavy atom. The van der Waals surface area contributed by atoms with E-state index in [1.807, 2.05) is 0 Å². The van der Waals surface area contributed by atoms with Gasteiger partial charge in [0.05, 0.1) is 0 Å². The molecule has 2 aromatic carbocycles. The van der Waals surface area contributed by atoms with E-state index in [-0.39, 0.29) is 0 Å². The van der Waals surface area contributed by atoms with Gasteiger partial charge in [-0.2, -0.15) is 0 Å². The molecule has 104 valence electrons. The Labute approximate surface area is 132 Å². The fraction of sp³-hybridized carbons (Fsp3) is 0.111. The van der Waals surface area contributed by atoms with Crippen molar-refractivity contribution in [3.8, 4) is 0 Å². The summed E-state index contributed by atoms with van der Waals surface area (Å²) in [6, 6.07) is 22.4. The van der Waals surface area contributed by atoms with Crippen LogP contribution < -0.4 is 15.3 Å². The molecule has 0 bridgehead atoms. The second-order valence-electron chi connectivity index (χ2n) is 5.95. The summed E-state index contributed by atoms with van der Waals surface area (Å²) in [4.78, 5) is 4.79. The van der Waals surface area contributed by atoms with E-state index >= 15 is 0 Å². The number of rotatable bonds is 1. The zero-order valence-electron chi connectivity index (χ0n) is 12.2. The molecule has 0 radical (unpaired) electrons. The Morgan fingerprint density at radius 2 is 1.33 bits per heavy atom. The molecule has 0 saturated carbocycles. The van der Waals surface area contributed by atoms with Crippen molar-refractivity contribution in [3.63, 3.8) is 0 Å². The van der Waals surface area contributed by atoms with E-state index in [2.05, 4.69) is 83.6 Å². The Balaban J connectivity index is 2.06. The predicted octanol–water partition coefficient (Wildman–Crippen LogP) is 3.35. The molecule has 1 aliphatic heterocycles. The third-order valence-corrected chi connectivity index (χ3v) is 9.69. The van der Waals surface area contributed by atoms with Crippen LogP contribution in [0.4, 0.5) is 15.9 Å². The van der Waals surface area contributed by atoms with Gasteiger partial charge in [-0.3, -0.25) is 0 Å². The zero-order chi connectivity index (χ0) is 14.4. The average Bonchev–Trinajstić information content (AvgIpc) is 3.02. The molecule has 0 aliphatic carbocycles. The van der Waals surface area contributed by atoms with Gasteiger partial charge in [0.2, 0.25) is 0 Å². The van der Waals surface area contributed by atoms with Crippen LogP contribution in [-0.2, 0) is 0 Å². The standard InChI is InChI=1S/C18H17NSeSi/c1-21(2)16-10-5-3-8-14(16)19(18-12-7-13-20-18)15-9-4-6-11-17(15)21/h3-13H,1-2H3. The van der Waals surface area contributed by atoms with Crippen LogP contribution in [-0.4, -0.2) is 22.6 Å². The molecule has 0 unspecified atom stereocenters.